The van der Waals surface area contributed by atoms with Crippen molar-refractivity contribution in [3.8, 4) is 0 Å². The molecule has 1 heterocycles. The zero-order chi connectivity index (χ0) is 8.55. The summed E-state index contributed by atoms with van der Waals surface area (Å²) in [6.07, 6.45) is 2.01. The Kier molecular flexibility index (Phi) is 1.69. The Morgan fingerprint density at radius 1 is 1.58 bits per heavy atom. The lowest BCUT2D eigenvalue weighted by Gasteiger charge is -2.32. The van der Waals surface area contributed by atoms with E-state index < -0.39 is 0 Å². The molecule has 0 atom stereocenters. The number of aromatic nitrogens is 4. The number of hydrogen-bond donors (Lipinski definition) is 2. The van der Waals surface area contributed by atoms with Crippen LogP contribution in [0.4, 0.5) is 5.95 Å². The minimum atomic E-state index is 0.351. The van der Waals surface area contributed by atoms with Crippen LogP contribution in [0.2, 0.25) is 0 Å². The summed E-state index contributed by atoms with van der Waals surface area (Å²) in [6.45, 7) is 0. The van der Waals surface area contributed by atoms with Crippen LogP contribution in [0.5, 0.6) is 0 Å². The van der Waals surface area contributed by atoms with Crippen LogP contribution in [0, 0.1) is 0 Å². The summed E-state index contributed by atoms with van der Waals surface area (Å²) in [5.41, 5.74) is 5.64. The number of rotatable bonds is 2. The Morgan fingerprint density at radius 3 is 2.83 bits per heavy atom. The van der Waals surface area contributed by atoms with Crippen LogP contribution >= 0.6 is 0 Å². The van der Waals surface area contributed by atoms with Gasteiger partial charge in [-0.25, -0.2) is 4.68 Å². The molecule has 2 rings (SSSR count). The average molecular weight is 168 g/mol. The number of aryl methyl sites for hydroxylation is 1. The smallest absolute Gasteiger partial charge is 0.242 e. The number of anilines is 1. The summed E-state index contributed by atoms with van der Waals surface area (Å²) in [6, 6.07) is 0.799. The highest BCUT2D eigenvalue weighted by Crippen LogP contribution is 2.20. The first-order valence-electron chi connectivity index (χ1n) is 4.00. The molecule has 12 heavy (non-hydrogen) atoms. The van der Waals surface area contributed by atoms with Crippen LogP contribution in [0.25, 0.3) is 0 Å². The highest BCUT2D eigenvalue weighted by atomic mass is 15.6. The first-order valence-corrected chi connectivity index (χ1v) is 4.00. The minimum Gasteiger partial charge on any atom is -0.350 e. The molecule has 3 N–H and O–H groups in total. The summed E-state index contributed by atoms with van der Waals surface area (Å²) in [5.74, 6) is 0.715. The van der Waals surface area contributed by atoms with Gasteiger partial charge in [0, 0.05) is 19.1 Å². The van der Waals surface area contributed by atoms with E-state index in [1.165, 1.54) is 0 Å². The summed E-state index contributed by atoms with van der Waals surface area (Å²) < 4.78 is 1.61. The Bertz CT molecular complexity index is 263. The zero-order valence-electron chi connectivity index (χ0n) is 6.94. The van der Waals surface area contributed by atoms with Gasteiger partial charge in [0.25, 0.3) is 0 Å². The topological polar surface area (TPSA) is 81.7 Å². The van der Waals surface area contributed by atoms with Crippen LogP contribution in [0.15, 0.2) is 0 Å². The lowest BCUT2D eigenvalue weighted by Crippen LogP contribution is -2.44. The average Bonchev–Trinajstić information content (AvgIpc) is 2.33. The number of nitrogens with one attached hydrogen (secondary N) is 1. The van der Waals surface area contributed by atoms with E-state index in [2.05, 4.69) is 20.8 Å². The molecular weight excluding hydrogens is 156 g/mol. The third-order valence-electron chi connectivity index (χ3n) is 2.13. The fraction of sp³-hybridized carbons (Fsp3) is 0.833. The van der Waals surface area contributed by atoms with Crippen molar-refractivity contribution in [2.45, 2.75) is 24.9 Å². The van der Waals surface area contributed by atoms with Crippen molar-refractivity contribution in [2.24, 2.45) is 12.8 Å². The standard InChI is InChI=1S/C6H12N6/c1-12-6(9-10-11-12)8-5-2-4(7)3-5/h4-5H,2-3,7H2,1H3,(H,8,9,11). The molecule has 0 unspecified atom stereocenters. The van der Waals surface area contributed by atoms with E-state index in [1.807, 2.05) is 0 Å². The van der Waals surface area contributed by atoms with Gasteiger partial charge in [0.2, 0.25) is 5.95 Å². The van der Waals surface area contributed by atoms with E-state index in [1.54, 1.807) is 11.7 Å². The van der Waals surface area contributed by atoms with Gasteiger partial charge in [-0.05, 0) is 23.3 Å². The third-order valence-corrected chi connectivity index (χ3v) is 2.13. The first kappa shape index (κ1) is 7.48. The van der Waals surface area contributed by atoms with E-state index in [9.17, 15) is 0 Å². The Labute approximate surface area is 70.1 Å². The van der Waals surface area contributed by atoms with Gasteiger partial charge in [0.15, 0.2) is 0 Å². The summed E-state index contributed by atoms with van der Waals surface area (Å²) >= 11 is 0. The van der Waals surface area contributed by atoms with Gasteiger partial charge in [0.05, 0.1) is 0 Å². The van der Waals surface area contributed by atoms with Gasteiger partial charge in [0.1, 0.15) is 0 Å². The minimum absolute atomic E-state index is 0.351. The van der Waals surface area contributed by atoms with Crippen LogP contribution in [0.1, 0.15) is 12.8 Å². The van der Waals surface area contributed by atoms with Crippen LogP contribution in [-0.4, -0.2) is 32.3 Å². The van der Waals surface area contributed by atoms with Crippen molar-refractivity contribution < 1.29 is 0 Å². The predicted molar refractivity (Wildman–Crippen MR) is 43.4 cm³/mol. The largest absolute Gasteiger partial charge is 0.350 e. The number of hydrogen-bond acceptors (Lipinski definition) is 5. The lowest BCUT2D eigenvalue weighted by atomic mass is 9.88. The molecule has 1 saturated carbocycles. The van der Waals surface area contributed by atoms with Crippen molar-refractivity contribution in [1.82, 2.24) is 20.2 Å². The van der Waals surface area contributed by atoms with Crippen molar-refractivity contribution >= 4 is 5.95 Å². The molecule has 0 bridgehead atoms. The van der Waals surface area contributed by atoms with Crippen molar-refractivity contribution in [1.29, 1.82) is 0 Å². The maximum Gasteiger partial charge on any atom is 0.242 e. The number of nitrogens with zero attached hydrogens (tertiary/aromatic N) is 4. The Balaban J connectivity index is 1.92. The second-order valence-electron chi connectivity index (χ2n) is 3.20. The molecule has 0 radical (unpaired) electrons. The second kappa shape index (κ2) is 2.71. The van der Waals surface area contributed by atoms with Crippen molar-refractivity contribution in [2.75, 3.05) is 5.32 Å². The van der Waals surface area contributed by atoms with Gasteiger partial charge in [-0.15, -0.1) is 0 Å². The van der Waals surface area contributed by atoms with Gasteiger partial charge in [-0.3, -0.25) is 0 Å². The van der Waals surface area contributed by atoms with E-state index in [0.717, 1.165) is 12.8 Å². The van der Waals surface area contributed by atoms with E-state index in [4.69, 9.17) is 5.73 Å². The maximum absolute atomic E-state index is 5.64. The summed E-state index contributed by atoms with van der Waals surface area (Å²) in [7, 11) is 1.81. The predicted octanol–water partition coefficient (Wildman–Crippen LogP) is -0.888. The van der Waals surface area contributed by atoms with Crippen LogP contribution in [-0.2, 0) is 7.05 Å². The molecular formula is C6H12N6. The van der Waals surface area contributed by atoms with E-state index in [-0.39, 0.29) is 0 Å². The van der Waals surface area contributed by atoms with Crippen molar-refractivity contribution in [3.05, 3.63) is 0 Å². The monoisotopic (exact) mass is 168 g/mol. The molecule has 6 nitrogen and oxygen atoms in total. The highest BCUT2D eigenvalue weighted by molar-refractivity contribution is 5.25. The van der Waals surface area contributed by atoms with Gasteiger partial charge < -0.3 is 11.1 Å². The number of tetrazole rings is 1. The molecule has 1 fully saturated rings. The second-order valence-corrected chi connectivity index (χ2v) is 3.20. The molecule has 0 amide bonds. The molecule has 1 aliphatic rings. The molecule has 0 saturated heterocycles. The molecule has 1 aromatic rings. The molecule has 6 heteroatoms. The molecule has 0 spiro atoms. The molecule has 0 aliphatic heterocycles. The third kappa shape index (κ3) is 1.25. The number of nitrogens with two attached hydrogens (primary N) is 1. The van der Waals surface area contributed by atoms with Gasteiger partial charge >= 0.3 is 0 Å². The Hall–Kier alpha value is -1.17. The zero-order valence-corrected chi connectivity index (χ0v) is 6.94. The highest BCUT2D eigenvalue weighted by Gasteiger charge is 2.26. The molecule has 0 aromatic carbocycles. The van der Waals surface area contributed by atoms with Gasteiger partial charge in [-0.2, -0.15) is 0 Å². The van der Waals surface area contributed by atoms with E-state index >= 15 is 0 Å². The fourth-order valence-corrected chi connectivity index (χ4v) is 1.31. The lowest BCUT2D eigenvalue weighted by molar-refractivity contribution is 0.371. The van der Waals surface area contributed by atoms with Crippen LogP contribution in [0.3, 0.4) is 0 Å². The maximum atomic E-state index is 5.64. The molecule has 1 aliphatic carbocycles. The Morgan fingerprint density at radius 2 is 2.33 bits per heavy atom. The molecule has 1 aromatic heterocycles. The summed E-state index contributed by atoms with van der Waals surface area (Å²) in [4.78, 5) is 0. The normalized spacial score (nSPS) is 28.2. The van der Waals surface area contributed by atoms with Crippen molar-refractivity contribution in [3.63, 3.8) is 0 Å². The SMILES string of the molecule is Cn1nnnc1NC1CC(N)C1. The van der Waals surface area contributed by atoms with Gasteiger partial charge in [-0.1, -0.05) is 5.10 Å². The quantitative estimate of drug-likeness (QED) is 0.598. The van der Waals surface area contributed by atoms with Crippen LogP contribution < -0.4 is 11.1 Å². The summed E-state index contributed by atoms with van der Waals surface area (Å²) in [5, 5.41) is 14.2. The molecule has 66 valence electrons. The van der Waals surface area contributed by atoms with E-state index in [0.29, 0.717) is 18.0 Å². The first-order chi connectivity index (χ1) is 5.75. The fourth-order valence-electron chi connectivity index (χ4n) is 1.31.